The zero-order valence-corrected chi connectivity index (χ0v) is 11.6. The number of carboxylic acid groups (broad SMARTS) is 2. The molecule has 1 atom stereocenters. The Morgan fingerprint density at radius 1 is 1.26 bits per heavy atom. The van der Waals surface area contributed by atoms with E-state index in [4.69, 9.17) is 15.0 Å². The van der Waals surface area contributed by atoms with Crippen molar-refractivity contribution >= 4 is 23.9 Å². The van der Waals surface area contributed by atoms with Gasteiger partial charge in [0.25, 0.3) is 0 Å². The second kappa shape index (κ2) is 6.89. The highest BCUT2D eigenvalue weighted by Gasteiger charge is 2.41. The zero-order chi connectivity index (χ0) is 17.8. The van der Waals surface area contributed by atoms with Crippen molar-refractivity contribution in [2.75, 3.05) is 18.5 Å². The molecule has 0 radical (unpaired) electrons. The smallest absolute Gasteiger partial charge is 0.480 e. The Balaban J connectivity index is 0.000000322. The third kappa shape index (κ3) is 4.52. The minimum Gasteiger partial charge on any atom is -0.480 e. The molecule has 2 rings (SSSR count). The van der Waals surface area contributed by atoms with Crippen molar-refractivity contribution in [2.24, 2.45) is 0 Å². The Bertz CT molecular complexity index is 595. The number of alkyl halides is 3. The molecule has 23 heavy (non-hydrogen) atoms. The molecule has 2 heterocycles. The van der Waals surface area contributed by atoms with Crippen molar-refractivity contribution in [3.05, 3.63) is 18.5 Å². The van der Waals surface area contributed by atoms with E-state index >= 15 is 0 Å². The van der Waals surface area contributed by atoms with Crippen LogP contribution in [-0.4, -0.2) is 68.9 Å². The Morgan fingerprint density at radius 2 is 1.74 bits per heavy atom. The van der Waals surface area contributed by atoms with Gasteiger partial charge in [-0.2, -0.15) is 13.2 Å². The molecule has 1 aromatic heterocycles. The molecular weight excluding hydrogens is 325 g/mol. The van der Waals surface area contributed by atoms with Gasteiger partial charge in [0, 0.05) is 19.4 Å². The van der Waals surface area contributed by atoms with Gasteiger partial charge in [-0.3, -0.25) is 4.90 Å². The first kappa shape index (κ1) is 18.1. The molecule has 0 saturated carbocycles. The van der Waals surface area contributed by atoms with Crippen LogP contribution in [0.2, 0.25) is 0 Å². The number of carbonyl (C=O) groups excluding carboxylic acids is 1. The second-order valence-electron chi connectivity index (χ2n) is 4.21. The molecule has 126 valence electrons. The first-order valence-electron chi connectivity index (χ1n) is 5.90. The van der Waals surface area contributed by atoms with E-state index in [0.717, 1.165) is 0 Å². The molecule has 0 bridgehead atoms. The maximum absolute atomic E-state index is 11.7. The number of nitrogens with zero attached hydrogens (tertiary/aromatic N) is 4. The van der Waals surface area contributed by atoms with Crippen molar-refractivity contribution < 1.29 is 37.8 Å². The number of carboxylic acids is 2. The molecule has 1 aromatic rings. The van der Waals surface area contributed by atoms with Gasteiger partial charge in [0.2, 0.25) is 5.95 Å². The number of carbonyl (C=O) groups is 3. The van der Waals surface area contributed by atoms with Crippen LogP contribution < -0.4 is 4.90 Å². The van der Waals surface area contributed by atoms with Crippen LogP contribution in [-0.2, 0) is 9.59 Å². The van der Waals surface area contributed by atoms with Crippen molar-refractivity contribution in [3.8, 4) is 0 Å². The van der Waals surface area contributed by atoms with Crippen molar-refractivity contribution in [1.29, 1.82) is 0 Å². The Morgan fingerprint density at radius 3 is 2.09 bits per heavy atom. The number of aromatic nitrogens is 2. The van der Waals surface area contributed by atoms with Crippen LogP contribution >= 0.6 is 0 Å². The Kier molecular flexibility index (Phi) is 5.43. The number of aliphatic carboxylic acids is 2. The van der Waals surface area contributed by atoms with Gasteiger partial charge >= 0.3 is 24.1 Å². The van der Waals surface area contributed by atoms with Gasteiger partial charge in [-0.05, 0) is 6.07 Å². The SMILES string of the molecule is CN1C(=O)N(c2ncccn2)CC1C(=O)O.O=C(O)C(F)(F)F. The quantitative estimate of drug-likeness (QED) is 0.803. The highest BCUT2D eigenvalue weighted by molar-refractivity contribution is 5.97. The summed E-state index contributed by atoms with van der Waals surface area (Å²) in [6.45, 7) is 0.0642. The van der Waals surface area contributed by atoms with Crippen molar-refractivity contribution in [3.63, 3.8) is 0 Å². The van der Waals surface area contributed by atoms with Crippen molar-refractivity contribution in [2.45, 2.75) is 12.2 Å². The second-order valence-corrected chi connectivity index (χ2v) is 4.21. The number of likely N-dealkylation sites (N-methyl/N-ethyl adjacent to an activating group) is 1. The molecular formula is C11H11F3N4O5. The topological polar surface area (TPSA) is 124 Å². The summed E-state index contributed by atoms with van der Waals surface area (Å²) in [4.78, 5) is 41.7. The fraction of sp³-hybridized carbons (Fsp3) is 0.364. The van der Waals surface area contributed by atoms with Gasteiger partial charge in [-0.1, -0.05) is 0 Å². The van der Waals surface area contributed by atoms with Crippen LogP contribution in [0.15, 0.2) is 18.5 Å². The van der Waals surface area contributed by atoms with Crippen LogP contribution in [0, 0.1) is 0 Å². The normalized spacial score (nSPS) is 17.6. The molecule has 9 nitrogen and oxygen atoms in total. The monoisotopic (exact) mass is 336 g/mol. The largest absolute Gasteiger partial charge is 0.490 e. The van der Waals surface area contributed by atoms with Crippen LogP contribution in [0.3, 0.4) is 0 Å². The maximum atomic E-state index is 11.7. The zero-order valence-electron chi connectivity index (χ0n) is 11.6. The van der Waals surface area contributed by atoms with E-state index in [9.17, 15) is 22.8 Å². The average Bonchev–Trinajstić information content (AvgIpc) is 2.76. The van der Waals surface area contributed by atoms with E-state index in [-0.39, 0.29) is 12.5 Å². The summed E-state index contributed by atoms with van der Waals surface area (Å²) in [6.07, 6.45) is -2.08. The summed E-state index contributed by atoms with van der Waals surface area (Å²) < 4.78 is 31.7. The number of hydrogen-bond donors (Lipinski definition) is 2. The maximum Gasteiger partial charge on any atom is 0.490 e. The predicted octanol–water partition coefficient (Wildman–Crippen LogP) is 0.435. The lowest BCUT2D eigenvalue weighted by Gasteiger charge is -2.13. The molecule has 2 amide bonds. The molecule has 1 aliphatic rings. The number of anilines is 1. The molecule has 0 aromatic carbocycles. The van der Waals surface area contributed by atoms with E-state index < -0.39 is 30.2 Å². The van der Waals surface area contributed by atoms with Crippen LogP contribution in [0.25, 0.3) is 0 Å². The Labute approximate surface area is 127 Å². The summed E-state index contributed by atoms with van der Waals surface area (Å²) in [5.74, 6) is -3.56. The third-order valence-electron chi connectivity index (χ3n) is 2.68. The van der Waals surface area contributed by atoms with Gasteiger partial charge in [-0.15, -0.1) is 0 Å². The van der Waals surface area contributed by atoms with Gasteiger partial charge in [-0.25, -0.2) is 24.4 Å². The number of urea groups is 1. The number of hydrogen-bond acceptors (Lipinski definition) is 5. The summed E-state index contributed by atoms with van der Waals surface area (Å²) in [6, 6.07) is 0.373. The molecule has 1 saturated heterocycles. The van der Waals surface area contributed by atoms with Crippen LogP contribution in [0.5, 0.6) is 0 Å². The fourth-order valence-electron chi connectivity index (χ4n) is 1.54. The molecule has 1 aliphatic heterocycles. The molecule has 12 heteroatoms. The molecule has 0 aliphatic carbocycles. The predicted molar refractivity (Wildman–Crippen MR) is 67.7 cm³/mol. The summed E-state index contributed by atoms with van der Waals surface area (Å²) in [5.41, 5.74) is 0. The lowest BCUT2D eigenvalue weighted by atomic mass is 10.3. The molecule has 2 N–H and O–H groups in total. The van der Waals surface area contributed by atoms with Gasteiger partial charge < -0.3 is 15.1 Å². The summed E-state index contributed by atoms with van der Waals surface area (Å²) >= 11 is 0. The highest BCUT2D eigenvalue weighted by atomic mass is 19.4. The number of rotatable bonds is 2. The van der Waals surface area contributed by atoms with Gasteiger partial charge in [0.05, 0.1) is 6.54 Å². The Hall–Kier alpha value is -2.92. The van der Waals surface area contributed by atoms with E-state index in [1.54, 1.807) is 6.07 Å². The lowest BCUT2D eigenvalue weighted by molar-refractivity contribution is -0.192. The fourth-order valence-corrected chi connectivity index (χ4v) is 1.54. The van der Waals surface area contributed by atoms with Gasteiger partial charge in [0.1, 0.15) is 6.04 Å². The van der Waals surface area contributed by atoms with Crippen molar-refractivity contribution in [1.82, 2.24) is 14.9 Å². The van der Waals surface area contributed by atoms with Gasteiger partial charge in [0.15, 0.2) is 0 Å². The first-order valence-corrected chi connectivity index (χ1v) is 5.90. The number of halogens is 3. The molecule has 0 spiro atoms. The third-order valence-corrected chi connectivity index (χ3v) is 2.68. The summed E-state index contributed by atoms with van der Waals surface area (Å²) in [7, 11) is 1.45. The lowest BCUT2D eigenvalue weighted by Crippen LogP contribution is -2.36. The van der Waals surface area contributed by atoms with Crippen LogP contribution in [0.4, 0.5) is 23.9 Å². The van der Waals surface area contributed by atoms with E-state index in [2.05, 4.69) is 9.97 Å². The van der Waals surface area contributed by atoms with Crippen LogP contribution in [0.1, 0.15) is 0 Å². The minimum atomic E-state index is -5.08. The first-order chi connectivity index (χ1) is 10.6. The van der Waals surface area contributed by atoms with E-state index in [0.29, 0.717) is 0 Å². The average molecular weight is 336 g/mol. The summed E-state index contributed by atoms with van der Waals surface area (Å²) in [5, 5.41) is 16.0. The van der Waals surface area contributed by atoms with E-state index in [1.807, 2.05) is 0 Å². The van der Waals surface area contributed by atoms with E-state index in [1.165, 1.54) is 29.2 Å². The molecule has 1 fully saturated rings. The number of amides is 2. The minimum absolute atomic E-state index is 0.0642. The standard InChI is InChI=1S/C9H10N4O3.C2HF3O2/c1-12-6(7(14)15)5-13(9(12)16)8-10-3-2-4-11-8;3-2(4,5)1(6)7/h2-4,6H,5H2,1H3,(H,14,15);(H,6,7). The molecule has 1 unspecified atom stereocenters. The highest BCUT2D eigenvalue weighted by Crippen LogP contribution is 2.18.